The van der Waals surface area contributed by atoms with Gasteiger partial charge in [-0.25, -0.2) is 17.9 Å². The third kappa shape index (κ3) is 2.57. The molecule has 2 aliphatic rings. The van der Waals surface area contributed by atoms with Crippen molar-refractivity contribution in [3.63, 3.8) is 0 Å². The van der Waals surface area contributed by atoms with Crippen LogP contribution in [0.2, 0.25) is 0 Å². The molecular weight excluding hydrogens is 297 g/mol. The zero-order chi connectivity index (χ0) is 15.2. The molecule has 3 N–H and O–H groups in total. The number of hydrogen-bond donors (Lipinski definition) is 2. The maximum absolute atomic E-state index is 14.0. The molecule has 0 fully saturated rings. The zero-order valence-electron chi connectivity index (χ0n) is 11.1. The molecule has 6 nitrogen and oxygen atoms in total. The third-order valence-electron chi connectivity index (χ3n) is 3.73. The van der Waals surface area contributed by atoms with Crippen LogP contribution in [-0.4, -0.2) is 45.4 Å². The van der Waals surface area contributed by atoms with Crippen molar-refractivity contribution < 1.29 is 17.6 Å². The van der Waals surface area contributed by atoms with E-state index in [0.29, 0.717) is 13.1 Å². The Morgan fingerprint density at radius 1 is 1.24 bits per heavy atom. The lowest BCUT2D eigenvalue weighted by Gasteiger charge is -2.18. The highest BCUT2D eigenvalue weighted by Crippen LogP contribution is 2.23. The Morgan fingerprint density at radius 3 is 2.38 bits per heavy atom. The summed E-state index contributed by atoms with van der Waals surface area (Å²) >= 11 is 0. The molecule has 2 heterocycles. The zero-order valence-corrected chi connectivity index (χ0v) is 11.9. The first kappa shape index (κ1) is 14.2. The second-order valence-electron chi connectivity index (χ2n) is 5.16. The molecule has 0 aliphatic carbocycles. The fourth-order valence-electron chi connectivity index (χ4n) is 2.63. The molecule has 112 valence electrons. The van der Waals surface area contributed by atoms with Gasteiger partial charge < -0.3 is 10.2 Å². The van der Waals surface area contributed by atoms with Crippen LogP contribution in [0.5, 0.6) is 0 Å². The van der Waals surface area contributed by atoms with Crippen LogP contribution in [0.15, 0.2) is 34.2 Å². The van der Waals surface area contributed by atoms with Crippen molar-refractivity contribution in [1.29, 1.82) is 0 Å². The van der Waals surface area contributed by atoms with Crippen molar-refractivity contribution in [2.75, 3.05) is 26.2 Å². The molecule has 0 unspecified atom stereocenters. The van der Waals surface area contributed by atoms with E-state index in [9.17, 15) is 17.6 Å². The van der Waals surface area contributed by atoms with E-state index in [2.05, 4.69) is 5.32 Å². The second-order valence-corrected chi connectivity index (χ2v) is 6.72. The summed E-state index contributed by atoms with van der Waals surface area (Å²) in [6.45, 7) is 2.48. The van der Waals surface area contributed by atoms with Crippen LogP contribution in [0, 0.1) is 5.82 Å². The molecule has 3 rings (SSSR count). The molecule has 1 aromatic carbocycles. The molecule has 21 heavy (non-hydrogen) atoms. The topological polar surface area (TPSA) is 92.5 Å². The summed E-state index contributed by atoms with van der Waals surface area (Å²) < 4.78 is 36.3. The standard InChI is InChI=1S/C13H14FN3O3S/c14-12-3-10(21(15,19)20)1-2-11(12)13(18)17-6-8-4-16-5-9(8)7-17/h1-3,16H,4-7H2,(H2,15,19,20). The van der Waals surface area contributed by atoms with Gasteiger partial charge in [-0.05, 0) is 29.3 Å². The van der Waals surface area contributed by atoms with Crippen LogP contribution in [-0.2, 0) is 10.0 Å². The predicted molar refractivity (Wildman–Crippen MR) is 73.6 cm³/mol. The van der Waals surface area contributed by atoms with Gasteiger partial charge in [-0.15, -0.1) is 0 Å². The monoisotopic (exact) mass is 311 g/mol. The number of halogens is 1. The van der Waals surface area contributed by atoms with Crippen molar-refractivity contribution in [1.82, 2.24) is 10.2 Å². The van der Waals surface area contributed by atoms with E-state index < -0.39 is 21.7 Å². The quantitative estimate of drug-likeness (QED) is 0.742. The summed E-state index contributed by atoms with van der Waals surface area (Å²) in [4.78, 5) is 13.5. The Balaban J connectivity index is 1.83. The van der Waals surface area contributed by atoms with Gasteiger partial charge in [0.05, 0.1) is 10.5 Å². The van der Waals surface area contributed by atoms with Crippen molar-refractivity contribution in [2.45, 2.75) is 4.90 Å². The minimum absolute atomic E-state index is 0.142. The normalized spacial score (nSPS) is 18.3. The highest BCUT2D eigenvalue weighted by Gasteiger charge is 2.30. The first-order chi connectivity index (χ1) is 9.86. The van der Waals surface area contributed by atoms with Crippen LogP contribution in [0.1, 0.15) is 10.4 Å². The molecule has 1 amide bonds. The lowest BCUT2D eigenvalue weighted by atomic mass is 10.2. The minimum Gasteiger partial charge on any atom is -0.330 e. The summed E-state index contributed by atoms with van der Waals surface area (Å²) in [5.74, 6) is -1.32. The predicted octanol–water partition coefficient (Wildman–Crippen LogP) is -0.171. The number of nitrogens with zero attached hydrogens (tertiary/aromatic N) is 1. The first-order valence-corrected chi connectivity index (χ1v) is 7.93. The molecule has 8 heteroatoms. The van der Waals surface area contributed by atoms with Gasteiger partial charge in [0.15, 0.2) is 0 Å². The molecule has 0 radical (unpaired) electrons. The van der Waals surface area contributed by atoms with E-state index in [-0.39, 0.29) is 10.5 Å². The Hall–Kier alpha value is -1.77. The van der Waals surface area contributed by atoms with Gasteiger partial charge in [-0.3, -0.25) is 4.79 Å². The highest BCUT2D eigenvalue weighted by atomic mass is 32.2. The van der Waals surface area contributed by atoms with E-state index in [1.165, 1.54) is 17.2 Å². The lowest BCUT2D eigenvalue weighted by molar-refractivity contribution is 0.0789. The van der Waals surface area contributed by atoms with E-state index >= 15 is 0 Å². The van der Waals surface area contributed by atoms with E-state index in [1.807, 2.05) is 0 Å². The van der Waals surface area contributed by atoms with Gasteiger partial charge in [0.1, 0.15) is 5.82 Å². The lowest BCUT2D eigenvalue weighted by Crippen LogP contribution is -2.33. The average Bonchev–Trinajstić information content (AvgIpc) is 2.97. The summed E-state index contributed by atoms with van der Waals surface area (Å²) in [6, 6.07) is 3.09. The highest BCUT2D eigenvalue weighted by molar-refractivity contribution is 7.89. The fourth-order valence-corrected chi connectivity index (χ4v) is 3.15. The number of carbonyl (C=O) groups excluding carboxylic acids is 1. The number of hydrogen-bond acceptors (Lipinski definition) is 4. The molecule has 0 aromatic heterocycles. The Bertz CT molecular complexity index is 742. The number of carbonyl (C=O) groups is 1. The molecule has 0 atom stereocenters. The number of rotatable bonds is 2. The van der Waals surface area contributed by atoms with Crippen LogP contribution in [0.3, 0.4) is 0 Å². The molecule has 0 saturated heterocycles. The number of amides is 1. The summed E-state index contributed by atoms with van der Waals surface area (Å²) in [5, 5.41) is 8.12. The second kappa shape index (κ2) is 4.90. The maximum atomic E-state index is 14.0. The van der Waals surface area contributed by atoms with Gasteiger partial charge in [0, 0.05) is 26.2 Å². The third-order valence-corrected chi connectivity index (χ3v) is 4.64. The van der Waals surface area contributed by atoms with Crippen LogP contribution in [0.25, 0.3) is 0 Å². The molecule has 1 aromatic rings. The smallest absolute Gasteiger partial charge is 0.257 e. The SMILES string of the molecule is NS(=O)(=O)c1ccc(C(=O)N2CC3=C(CNC3)C2)c(F)c1. The van der Waals surface area contributed by atoms with Crippen LogP contribution in [0.4, 0.5) is 4.39 Å². The number of sulfonamides is 1. The number of benzene rings is 1. The van der Waals surface area contributed by atoms with Crippen molar-refractivity contribution in [3.8, 4) is 0 Å². The van der Waals surface area contributed by atoms with Gasteiger partial charge >= 0.3 is 0 Å². The number of nitrogens with one attached hydrogen (secondary N) is 1. The maximum Gasteiger partial charge on any atom is 0.257 e. The molecule has 0 bridgehead atoms. The molecule has 0 spiro atoms. The Labute approximate surface area is 121 Å². The molecule has 2 aliphatic heterocycles. The Morgan fingerprint density at radius 2 is 1.86 bits per heavy atom. The van der Waals surface area contributed by atoms with Gasteiger partial charge in [-0.2, -0.15) is 0 Å². The number of nitrogens with two attached hydrogens (primary N) is 1. The van der Waals surface area contributed by atoms with E-state index in [4.69, 9.17) is 5.14 Å². The van der Waals surface area contributed by atoms with Crippen LogP contribution < -0.4 is 10.5 Å². The van der Waals surface area contributed by atoms with Crippen molar-refractivity contribution in [2.24, 2.45) is 5.14 Å². The summed E-state index contributed by atoms with van der Waals surface area (Å²) in [7, 11) is -3.98. The average molecular weight is 311 g/mol. The van der Waals surface area contributed by atoms with Crippen molar-refractivity contribution >= 4 is 15.9 Å². The fraction of sp³-hybridized carbons (Fsp3) is 0.308. The summed E-state index contributed by atoms with van der Waals surface area (Å²) in [5.41, 5.74) is 2.20. The number of primary sulfonamides is 1. The Kier molecular flexibility index (Phi) is 3.31. The molecular formula is C13H14FN3O3S. The van der Waals surface area contributed by atoms with Gasteiger partial charge in [0.25, 0.3) is 5.91 Å². The van der Waals surface area contributed by atoms with Gasteiger partial charge in [0.2, 0.25) is 10.0 Å². The molecule has 0 saturated carbocycles. The van der Waals surface area contributed by atoms with E-state index in [1.54, 1.807) is 4.90 Å². The van der Waals surface area contributed by atoms with Crippen LogP contribution >= 0.6 is 0 Å². The summed E-state index contributed by atoms with van der Waals surface area (Å²) in [6.07, 6.45) is 0. The van der Waals surface area contributed by atoms with Gasteiger partial charge in [-0.1, -0.05) is 0 Å². The largest absolute Gasteiger partial charge is 0.330 e. The van der Waals surface area contributed by atoms with E-state index in [0.717, 1.165) is 25.2 Å². The first-order valence-electron chi connectivity index (χ1n) is 6.38. The van der Waals surface area contributed by atoms with Crippen molar-refractivity contribution in [3.05, 3.63) is 40.7 Å². The minimum atomic E-state index is -3.98.